The number of phenols is 1. The second-order valence-electron chi connectivity index (χ2n) is 5.40. The fourth-order valence-corrected chi connectivity index (χ4v) is 2.47. The van der Waals surface area contributed by atoms with E-state index in [-0.39, 0.29) is 11.7 Å². The van der Waals surface area contributed by atoms with Crippen LogP contribution in [0.3, 0.4) is 0 Å². The van der Waals surface area contributed by atoms with Crippen LogP contribution < -0.4 is 5.32 Å². The number of anilines is 1. The maximum absolute atomic E-state index is 12.4. The molecule has 0 saturated carbocycles. The molecule has 3 aromatic carbocycles. The number of carbonyl (C=O) groups excluding carboxylic acids is 1. The molecule has 3 heteroatoms. The maximum Gasteiger partial charge on any atom is 0.255 e. The third-order valence-electron chi connectivity index (χ3n) is 4.02. The van der Waals surface area contributed by atoms with E-state index in [4.69, 9.17) is 0 Å². The predicted octanol–water partition coefficient (Wildman–Crippen LogP) is 4.41. The number of aromatic hydroxyl groups is 1. The Hall–Kier alpha value is -2.81. The fourth-order valence-electron chi connectivity index (χ4n) is 2.47. The van der Waals surface area contributed by atoms with Crippen molar-refractivity contribution >= 4 is 22.4 Å². The minimum absolute atomic E-state index is 0.154. The zero-order valence-electron chi connectivity index (χ0n) is 12.6. The molecule has 3 aromatic rings. The Bertz CT molecular complexity index is 868. The smallest absolute Gasteiger partial charge is 0.255 e. The summed E-state index contributed by atoms with van der Waals surface area (Å²) in [5.74, 6) is 0.0835. The molecule has 22 heavy (non-hydrogen) atoms. The third-order valence-corrected chi connectivity index (χ3v) is 4.02. The van der Waals surface area contributed by atoms with Crippen LogP contribution in [0.5, 0.6) is 5.75 Å². The molecule has 0 spiro atoms. The monoisotopic (exact) mass is 291 g/mol. The second-order valence-corrected chi connectivity index (χ2v) is 5.40. The molecule has 2 N–H and O–H groups in total. The highest BCUT2D eigenvalue weighted by Crippen LogP contribution is 2.27. The number of carbonyl (C=O) groups is 1. The molecule has 0 aliphatic carbocycles. The van der Waals surface area contributed by atoms with Crippen molar-refractivity contribution in [2.75, 3.05) is 5.32 Å². The summed E-state index contributed by atoms with van der Waals surface area (Å²) in [6.45, 7) is 3.71. The van der Waals surface area contributed by atoms with E-state index in [1.54, 1.807) is 12.1 Å². The Labute approximate surface area is 129 Å². The summed E-state index contributed by atoms with van der Waals surface area (Å²) in [5.41, 5.74) is 2.97. The van der Waals surface area contributed by atoms with Gasteiger partial charge < -0.3 is 10.4 Å². The average molecular weight is 291 g/mol. The topological polar surface area (TPSA) is 49.3 Å². The van der Waals surface area contributed by atoms with Gasteiger partial charge in [0.2, 0.25) is 0 Å². The Morgan fingerprint density at radius 1 is 0.909 bits per heavy atom. The number of hydrogen-bond donors (Lipinski definition) is 2. The lowest BCUT2D eigenvalue weighted by Crippen LogP contribution is -2.13. The quantitative estimate of drug-likeness (QED) is 0.687. The first-order valence-corrected chi connectivity index (χ1v) is 7.15. The number of fused-ring (bicyclic) bond motifs is 1. The van der Waals surface area contributed by atoms with E-state index in [1.165, 1.54) is 0 Å². The zero-order chi connectivity index (χ0) is 15.7. The summed E-state index contributed by atoms with van der Waals surface area (Å²) in [4.78, 5) is 12.4. The van der Waals surface area contributed by atoms with E-state index < -0.39 is 0 Å². The maximum atomic E-state index is 12.4. The van der Waals surface area contributed by atoms with Crippen molar-refractivity contribution in [3.63, 3.8) is 0 Å². The van der Waals surface area contributed by atoms with Crippen molar-refractivity contribution < 1.29 is 9.90 Å². The summed E-state index contributed by atoms with van der Waals surface area (Å²) in [6.07, 6.45) is 0. The van der Waals surface area contributed by atoms with Gasteiger partial charge in [0.1, 0.15) is 5.75 Å². The van der Waals surface area contributed by atoms with Crippen molar-refractivity contribution in [1.82, 2.24) is 0 Å². The van der Waals surface area contributed by atoms with Crippen molar-refractivity contribution in [2.45, 2.75) is 13.8 Å². The van der Waals surface area contributed by atoms with Crippen LogP contribution in [0.4, 0.5) is 5.69 Å². The summed E-state index contributed by atoms with van der Waals surface area (Å²) >= 11 is 0. The number of phenolic OH excluding ortho intramolecular Hbond substituents is 1. The Balaban J connectivity index is 1.92. The van der Waals surface area contributed by atoms with Gasteiger partial charge in [-0.1, -0.05) is 30.3 Å². The number of rotatable bonds is 2. The van der Waals surface area contributed by atoms with Gasteiger partial charge >= 0.3 is 0 Å². The van der Waals surface area contributed by atoms with Crippen molar-refractivity contribution in [2.24, 2.45) is 0 Å². The highest BCUT2D eigenvalue weighted by molar-refractivity contribution is 6.06. The number of nitrogens with one attached hydrogen (secondary N) is 1. The van der Waals surface area contributed by atoms with E-state index in [0.29, 0.717) is 11.3 Å². The van der Waals surface area contributed by atoms with Crippen LogP contribution in [0.1, 0.15) is 21.5 Å². The van der Waals surface area contributed by atoms with Crippen LogP contribution in [0.15, 0.2) is 54.6 Å². The minimum atomic E-state index is -0.154. The molecule has 0 fully saturated rings. The van der Waals surface area contributed by atoms with E-state index >= 15 is 0 Å². The van der Waals surface area contributed by atoms with Crippen molar-refractivity contribution in [1.29, 1.82) is 0 Å². The normalized spacial score (nSPS) is 10.6. The summed E-state index contributed by atoms with van der Waals surface area (Å²) in [7, 11) is 0. The van der Waals surface area contributed by atoms with E-state index in [9.17, 15) is 9.90 Å². The van der Waals surface area contributed by atoms with Gasteiger partial charge in [0.25, 0.3) is 5.91 Å². The van der Waals surface area contributed by atoms with Crippen molar-refractivity contribution in [3.8, 4) is 5.75 Å². The predicted molar refractivity (Wildman–Crippen MR) is 89.5 cm³/mol. The van der Waals surface area contributed by atoms with Crippen molar-refractivity contribution in [3.05, 3.63) is 71.3 Å². The highest BCUT2D eigenvalue weighted by atomic mass is 16.3. The van der Waals surface area contributed by atoms with E-state index in [0.717, 1.165) is 21.9 Å². The first-order valence-electron chi connectivity index (χ1n) is 7.15. The average Bonchev–Trinajstić information content (AvgIpc) is 2.55. The molecule has 0 heterocycles. The van der Waals surface area contributed by atoms with Gasteiger partial charge in [-0.15, -0.1) is 0 Å². The molecule has 3 nitrogen and oxygen atoms in total. The summed E-state index contributed by atoms with van der Waals surface area (Å²) < 4.78 is 0. The number of benzene rings is 3. The molecule has 0 atom stereocenters. The van der Waals surface area contributed by atoms with E-state index in [1.807, 2.05) is 56.3 Å². The van der Waals surface area contributed by atoms with Crippen LogP contribution in [0.2, 0.25) is 0 Å². The van der Waals surface area contributed by atoms with Gasteiger partial charge in [-0.3, -0.25) is 4.79 Å². The lowest BCUT2D eigenvalue weighted by molar-refractivity contribution is 0.102. The molecule has 0 aromatic heterocycles. The van der Waals surface area contributed by atoms with Crippen LogP contribution >= 0.6 is 0 Å². The number of amides is 1. The molecule has 0 unspecified atom stereocenters. The van der Waals surface area contributed by atoms with Crippen LogP contribution in [-0.2, 0) is 0 Å². The largest absolute Gasteiger partial charge is 0.508 e. The summed E-state index contributed by atoms with van der Waals surface area (Å²) in [5, 5.41) is 14.7. The highest BCUT2D eigenvalue weighted by Gasteiger charge is 2.11. The summed E-state index contributed by atoms with van der Waals surface area (Å²) in [6, 6.07) is 16.9. The molecule has 0 aliphatic heterocycles. The molecule has 1 amide bonds. The van der Waals surface area contributed by atoms with Crippen LogP contribution in [0, 0.1) is 13.8 Å². The molecule has 0 radical (unpaired) electrons. The van der Waals surface area contributed by atoms with Crippen LogP contribution in [-0.4, -0.2) is 11.0 Å². The standard InChI is InChI=1S/C19H17NO2/c1-12-13(2)18(21)10-9-17(12)20-19(22)16-8-7-14-5-3-4-6-15(14)11-16/h3-11,21H,1-2H3,(H,20,22). The lowest BCUT2D eigenvalue weighted by Gasteiger charge is -2.12. The Morgan fingerprint density at radius 2 is 1.64 bits per heavy atom. The Morgan fingerprint density at radius 3 is 2.41 bits per heavy atom. The van der Waals surface area contributed by atoms with Gasteiger partial charge in [-0.25, -0.2) is 0 Å². The second kappa shape index (κ2) is 5.53. The van der Waals surface area contributed by atoms with Crippen LogP contribution in [0.25, 0.3) is 10.8 Å². The number of hydrogen-bond acceptors (Lipinski definition) is 2. The SMILES string of the molecule is Cc1c(O)ccc(NC(=O)c2ccc3ccccc3c2)c1C. The van der Waals surface area contributed by atoms with Gasteiger partial charge in [0, 0.05) is 11.3 Å². The molecule has 0 aliphatic rings. The zero-order valence-corrected chi connectivity index (χ0v) is 12.6. The van der Waals surface area contributed by atoms with Gasteiger partial charge in [0.15, 0.2) is 0 Å². The fraction of sp³-hybridized carbons (Fsp3) is 0.105. The molecule has 110 valence electrons. The first-order chi connectivity index (χ1) is 10.6. The lowest BCUT2D eigenvalue weighted by atomic mass is 10.0. The molecule has 0 bridgehead atoms. The first kappa shape index (κ1) is 14.1. The van der Waals surface area contributed by atoms with Gasteiger partial charge in [0.05, 0.1) is 0 Å². The molecular weight excluding hydrogens is 274 g/mol. The van der Waals surface area contributed by atoms with Gasteiger partial charge in [-0.05, 0) is 60.0 Å². The molecular formula is C19H17NO2. The van der Waals surface area contributed by atoms with Gasteiger partial charge in [-0.2, -0.15) is 0 Å². The Kier molecular flexibility index (Phi) is 3.55. The third kappa shape index (κ3) is 2.53. The van der Waals surface area contributed by atoms with E-state index in [2.05, 4.69) is 5.32 Å². The minimum Gasteiger partial charge on any atom is -0.508 e. The molecule has 0 saturated heterocycles. The molecule has 3 rings (SSSR count).